The monoisotopic (exact) mass is 226 g/mol. The summed E-state index contributed by atoms with van der Waals surface area (Å²) in [5.41, 5.74) is 0. The van der Waals surface area contributed by atoms with E-state index >= 15 is 0 Å². The summed E-state index contributed by atoms with van der Waals surface area (Å²) in [5.74, 6) is 1.35. The predicted octanol–water partition coefficient (Wildman–Crippen LogP) is 2.97. The van der Waals surface area contributed by atoms with Gasteiger partial charge in [0, 0.05) is 16.3 Å². The van der Waals surface area contributed by atoms with Crippen LogP contribution in [-0.2, 0) is 0 Å². The normalized spacial score (nSPS) is 35.3. The molecule has 1 saturated heterocycles. The van der Waals surface area contributed by atoms with Crippen LogP contribution >= 0.6 is 39.5 Å². The van der Waals surface area contributed by atoms with Gasteiger partial charge in [0.2, 0.25) is 0 Å². The molecule has 0 saturated carbocycles. The van der Waals surface area contributed by atoms with Crippen LogP contribution in [0.3, 0.4) is 0 Å². The summed E-state index contributed by atoms with van der Waals surface area (Å²) in [6, 6.07) is 0. The van der Waals surface area contributed by atoms with Crippen LogP contribution in [0.25, 0.3) is 0 Å². The first-order chi connectivity index (χ1) is 4.33. The third-order valence-electron chi connectivity index (χ3n) is 1.25. The Bertz CT molecular complexity index is 85.1. The number of hydrogen-bond donors (Lipinski definition) is 0. The van der Waals surface area contributed by atoms with Crippen LogP contribution in [0.4, 0.5) is 0 Å². The number of thioether (sulfide) groups is 2. The van der Waals surface area contributed by atoms with Gasteiger partial charge in [0.25, 0.3) is 0 Å². The lowest BCUT2D eigenvalue weighted by Crippen LogP contribution is -1.93. The molecule has 1 aliphatic heterocycles. The molecule has 1 heterocycles. The molecule has 2 atom stereocenters. The Morgan fingerprint density at radius 2 is 2.44 bits per heavy atom. The number of rotatable bonds is 2. The summed E-state index contributed by atoms with van der Waals surface area (Å²) in [7, 11) is 0. The smallest absolute Gasteiger partial charge is 0.0513 e. The fraction of sp³-hybridized carbons (Fsp3) is 1.00. The molecule has 0 aromatic carbocycles. The van der Waals surface area contributed by atoms with Crippen molar-refractivity contribution in [1.82, 2.24) is 0 Å². The first kappa shape index (κ1) is 8.28. The molecule has 0 aromatic rings. The topological polar surface area (TPSA) is 0 Å². The van der Waals surface area contributed by atoms with Crippen molar-refractivity contribution in [3.05, 3.63) is 0 Å². The number of halogens is 1. The van der Waals surface area contributed by atoms with Gasteiger partial charge in [0.1, 0.15) is 0 Å². The Kier molecular flexibility index (Phi) is 3.81. The number of alkyl halides is 1. The maximum atomic E-state index is 3.45. The average Bonchev–Trinajstić information content (AvgIpc) is 2.17. The zero-order valence-corrected chi connectivity index (χ0v) is 8.69. The molecule has 1 fully saturated rings. The van der Waals surface area contributed by atoms with Crippen molar-refractivity contribution in [2.24, 2.45) is 0 Å². The van der Waals surface area contributed by atoms with E-state index in [4.69, 9.17) is 0 Å². The van der Waals surface area contributed by atoms with E-state index in [1.807, 2.05) is 0 Å². The van der Waals surface area contributed by atoms with Crippen LogP contribution in [0, 0.1) is 0 Å². The first-order valence-electron chi connectivity index (χ1n) is 3.16. The van der Waals surface area contributed by atoms with Crippen LogP contribution in [0.2, 0.25) is 0 Å². The van der Waals surface area contributed by atoms with E-state index in [9.17, 15) is 0 Å². The SMILES string of the molecule is CC1CSC(CCBr)S1. The molecule has 0 aromatic heterocycles. The van der Waals surface area contributed by atoms with E-state index in [2.05, 4.69) is 46.4 Å². The molecule has 0 aliphatic carbocycles. The predicted molar refractivity (Wildman–Crippen MR) is 51.7 cm³/mol. The Hall–Kier alpha value is 1.18. The van der Waals surface area contributed by atoms with Gasteiger partial charge in [-0.25, -0.2) is 0 Å². The van der Waals surface area contributed by atoms with Gasteiger partial charge < -0.3 is 0 Å². The Balaban J connectivity index is 2.14. The van der Waals surface area contributed by atoms with Crippen LogP contribution < -0.4 is 0 Å². The molecule has 2 unspecified atom stereocenters. The molecule has 3 heteroatoms. The summed E-state index contributed by atoms with van der Waals surface area (Å²) < 4.78 is 0.874. The second-order valence-corrected chi connectivity index (χ2v) is 6.16. The fourth-order valence-corrected chi connectivity index (χ4v) is 5.10. The molecule has 1 rings (SSSR count). The fourth-order valence-electron chi connectivity index (χ4n) is 0.821. The molecule has 54 valence electrons. The van der Waals surface area contributed by atoms with Crippen molar-refractivity contribution in [3.8, 4) is 0 Å². The molecule has 0 spiro atoms. The highest BCUT2D eigenvalue weighted by molar-refractivity contribution is 9.09. The van der Waals surface area contributed by atoms with Crippen LogP contribution in [0.15, 0.2) is 0 Å². The molecule has 0 nitrogen and oxygen atoms in total. The third kappa shape index (κ3) is 2.72. The first-order valence-corrected chi connectivity index (χ1v) is 6.27. The van der Waals surface area contributed by atoms with Gasteiger partial charge in [-0.3, -0.25) is 0 Å². The molecule has 0 N–H and O–H groups in total. The second-order valence-electron chi connectivity index (χ2n) is 2.19. The summed E-state index contributed by atoms with van der Waals surface area (Å²) >= 11 is 7.68. The highest BCUT2D eigenvalue weighted by atomic mass is 79.9. The lowest BCUT2D eigenvalue weighted by molar-refractivity contribution is 1.09. The lowest BCUT2D eigenvalue weighted by atomic mass is 10.6. The van der Waals surface area contributed by atoms with E-state index in [1.54, 1.807) is 0 Å². The highest BCUT2D eigenvalue weighted by Crippen LogP contribution is 2.39. The standard InChI is InChI=1S/C6H11BrS2/c1-5-4-8-6(9-5)2-3-7/h5-6H,2-4H2,1H3. The minimum Gasteiger partial charge on any atom is -0.146 e. The zero-order valence-electron chi connectivity index (χ0n) is 5.47. The van der Waals surface area contributed by atoms with E-state index in [1.165, 1.54) is 12.2 Å². The van der Waals surface area contributed by atoms with E-state index in [0.717, 1.165) is 15.2 Å². The van der Waals surface area contributed by atoms with Gasteiger partial charge in [-0.05, 0) is 6.42 Å². The van der Waals surface area contributed by atoms with Crippen molar-refractivity contribution >= 4 is 39.5 Å². The van der Waals surface area contributed by atoms with Gasteiger partial charge in [-0.1, -0.05) is 22.9 Å². The van der Waals surface area contributed by atoms with E-state index in [0.29, 0.717) is 0 Å². The average molecular weight is 227 g/mol. The van der Waals surface area contributed by atoms with Gasteiger partial charge in [0.05, 0.1) is 4.58 Å². The van der Waals surface area contributed by atoms with E-state index in [-0.39, 0.29) is 0 Å². The molecular weight excluding hydrogens is 216 g/mol. The van der Waals surface area contributed by atoms with E-state index < -0.39 is 0 Å². The van der Waals surface area contributed by atoms with Gasteiger partial charge in [0.15, 0.2) is 0 Å². The minimum atomic E-state index is 0.874. The van der Waals surface area contributed by atoms with Crippen LogP contribution in [0.5, 0.6) is 0 Å². The van der Waals surface area contributed by atoms with Crippen molar-refractivity contribution in [2.45, 2.75) is 23.2 Å². The molecule has 9 heavy (non-hydrogen) atoms. The summed E-state index contributed by atoms with van der Waals surface area (Å²) in [6.45, 7) is 2.31. The molecule has 1 aliphatic rings. The van der Waals surface area contributed by atoms with Crippen LogP contribution in [0.1, 0.15) is 13.3 Å². The van der Waals surface area contributed by atoms with Gasteiger partial charge >= 0.3 is 0 Å². The Morgan fingerprint density at radius 3 is 2.89 bits per heavy atom. The lowest BCUT2D eigenvalue weighted by Gasteiger charge is -2.03. The second kappa shape index (κ2) is 4.14. The van der Waals surface area contributed by atoms with Crippen LogP contribution in [-0.4, -0.2) is 20.9 Å². The molecular formula is C6H11BrS2. The summed E-state index contributed by atoms with van der Waals surface area (Å²) in [5, 5.41) is 2.05. The van der Waals surface area contributed by atoms with Crippen molar-refractivity contribution in [3.63, 3.8) is 0 Å². The summed E-state index contributed by atoms with van der Waals surface area (Å²) in [6.07, 6.45) is 1.32. The quantitative estimate of drug-likeness (QED) is 0.665. The maximum absolute atomic E-state index is 3.45. The maximum Gasteiger partial charge on any atom is 0.0513 e. The minimum absolute atomic E-state index is 0.874. The molecule has 0 bridgehead atoms. The third-order valence-corrected chi connectivity index (χ3v) is 5.13. The van der Waals surface area contributed by atoms with Crippen molar-refractivity contribution in [2.75, 3.05) is 11.1 Å². The van der Waals surface area contributed by atoms with Gasteiger partial charge in [-0.2, -0.15) is 0 Å². The highest BCUT2D eigenvalue weighted by Gasteiger charge is 2.21. The molecule has 0 amide bonds. The van der Waals surface area contributed by atoms with Gasteiger partial charge in [-0.15, -0.1) is 23.5 Å². The van der Waals surface area contributed by atoms with Crippen molar-refractivity contribution in [1.29, 1.82) is 0 Å². The molecule has 0 radical (unpaired) electrons. The largest absolute Gasteiger partial charge is 0.146 e. The Labute approximate surface area is 73.7 Å². The Morgan fingerprint density at radius 1 is 1.67 bits per heavy atom. The number of hydrogen-bond acceptors (Lipinski definition) is 2. The zero-order chi connectivity index (χ0) is 6.69. The van der Waals surface area contributed by atoms with Crippen molar-refractivity contribution < 1.29 is 0 Å². The summed E-state index contributed by atoms with van der Waals surface area (Å²) in [4.78, 5) is 0.